The highest BCUT2D eigenvalue weighted by molar-refractivity contribution is 6.35. The van der Waals surface area contributed by atoms with E-state index in [-0.39, 0.29) is 5.91 Å². The summed E-state index contributed by atoms with van der Waals surface area (Å²) in [6.07, 6.45) is 1.75. The molecule has 126 valence electrons. The van der Waals surface area contributed by atoms with Gasteiger partial charge in [0.25, 0.3) is 5.91 Å². The maximum absolute atomic E-state index is 12.3. The van der Waals surface area contributed by atoms with Crippen LogP contribution < -0.4 is 14.8 Å². The van der Waals surface area contributed by atoms with Gasteiger partial charge < -0.3 is 14.8 Å². The average molecular weight is 366 g/mol. The molecule has 0 spiro atoms. The summed E-state index contributed by atoms with van der Waals surface area (Å²) in [6, 6.07) is 10.3. The molecule has 0 atom stereocenters. The van der Waals surface area contributed by atoms with Crippen molar-refractivity contribution in [2.24, 2.45) is 0 Å². The van der Waals surface area contributed by atoms with Crippen LogP contribution in [0, 0.1) is 0 Å². The van der Waals surface area contributed by atoms with Crippen LogP contribution in [0.3, 0.4) is 0 Å². The predicted octanol–water partition coefficient (Wildman–Crippen LogP) is 5.05. The number of carbonyl (C=O) groups excluding carboxylic acids is 1. The Morgan fingerprint density at radius 2 is 1.62 bits per heavy atom. The van der Waals surface area contributed by atoms with Crippen molar-refractivity contribution < 1.29 is 14.3 Å². The first kappa shape index (κ1) is 18.2. The number of methoxy groups -OCH3 is 2. The Kier molecular flexibility index (Phi) is 6.12. The molecule has 0 aliphatic heterocycles. The van der Waals surface area contributed by atoms with E-state index in [9.17, 15) is 4.79 Å². The number of carbonyl (C=O) groups is 1. The van der Waals surface area contributed by atoms with Crippen LogP contribution in [-0.4, -0.2) is 20.1 Å². The van der Waals surface area contributed by atoms with E-state index >= 15 is 0 Å². The summed E-state index contributed by atoms with van der Waals surface area (Å²) < 4.78 is 10.5. The standard InChI is InChI=1S/C18H17Cl2NO3/c1-11(6-12-4-5-16(23-2)17(7-12)24-3)18(22)21-15-9-13(19)8-14(20)10-15/h4-10H,1-3H3,(H,21,22)/b11-6+. The van der Waals surface area contributed by atoms with Gasteiger partial charge in [-0.25, -0.2) is 0 Å². The summed E-state index contributed by atoms with van der Waals surface area (Å²) in [5, 5.41) is 3.68. The SMILES string of the molecule is COc1ccc(/C=C(\C)C(=O)Nc2cc(Cl)cc(Cl)c2)cc1OC. The van der Waals surface area contributed by atoms with E-state index in [1.165, 1.54) is 0 Å². The maximum atomic E-state index is 12.3. The monoisotopic (exact) mass is 365 g/mol. The van der Waals surface area contributed by atoms with E-state index in [0.717, 1.165) is 5.56 Å². The van der Waals surface area contributed by atoms with Gasteiger partial charge in [0.2, 0.25) is 0 Å². The van der Waals surface area contributed by atoms with Crippen molar-refractivity contribution in [3.63, 3.8) is 0 Å². The van der Waals surface area contributed by atoms with Gasteiger partial charge in [-0.15, -0.1) is 0 Å². The Morgan fingerprint density at radius 3 is 2.21 bits per heavy atom. The molecule has 0 saturated heterocycles. The smallest absolute Gasteiger partial charge is 0.251 e. The van der Waals surface area contributed by atoms with Crippen LogP contribution in [0.5, 0.6) is 11.5 Å². The van der Waals surface area contributed by atoms with Crippen LogP contribution in [-0.2, 0) is 4.79 Å². The highest BCUT2D eigenvalue weighted by atomic mass is 35.5. The lowest BCUT2D eigenvalue weighted by Gasteiger charge is -2.09. The molecule has 0 bridgehead atoms. The molecule has 0 aliphatic rings. The van der Waals surface area contributed by atoms with Gasteiger partial charge in [-0.3, -0.25) is 4.79 Å². The molecule has 1 amide bonds. The van der Waals surface area contributed by atoms with Crippen LogP contribution in [0.4, 0.5) is 5.69 Å². The Labute approximate surface area is 151 Å². The summed E-state index contributed by atoms with van der Waals surface area (Å²) in [5.74, 6) is 0.981. The molecule has 0 radical (unpaired) electrons. The topological polar surface area (TPSA) is 47.6 Å². The van der Waals surface area contributed by atoms with Crippen molar-refractivity contribution in [2.45, 2.75) is 6.92 Å². The second kappa shape index (κ2) is 8.08. The summed E-state index contributed by atoms with van der Waals surface area (Å²) in [4.78, 5) is 12.3. The molecule has 0 heterocycles. The lowest BCUT2D eigenvalue weighted by atomic mass is 10.1. The zero-order valence-corrected chi connectivity index (χ0v) is 15.0. The molecule has 24 heavy (non-hydrogen) atoms. The van der Waals surface area contributed by atoms with Crippen LogP contribution >= 0.6 is 23.2 Å². The van der Waals surface area contributed by atoms with Gasteiger partial charge in [-0.1, -0.05) is 29.3 Å². The molecule has 2 aromatic rings. The fourth-order valence-corrected chi connectivity index (χ4v) is 2.64. The van der Waals surface area contributed by atoms with Crippen LogP contribution in [0.25, 0.3) is 6.08 Å². The molecule has 0 fully saturated rings. The zero-order valence-electron chi connectivity index (χ0n) is 13.5. The summed E-state index contributed by atoms with van der Waals surface area (Å²) in [7, 11) is 3.13. The first-order valence-corrected chi connectivity index (χ1v) is 7.86. The maximum Gasteiger partial charge on any atom is 0.251 e. The largest absolute Gasteiger partial charge is 0.493 e. The van der Waals surface area contributed by atoms with Gasteiger partial charge in [0, 0.05) is 21.3 Å². The average Bonchev–Trinajstić information content (AvgIpc) is 2.53. The van der Waals surface area contributed by atoms with E-state index in [4.69, 9.17) is 32.7 Å². The van der Waals surface area contributed by atoms with Gasteiger partial charge in [0.05, 0.1) is 14.2 Å². The number of hydrogen-bond donors (Lipinski definition) is 1. The van der Waals surface area contributed by atoms with E-state index in [1.54, 1.807) is 57.6 Å². The van der Waals surface area contributed by atoms with E-state index in [0.29, 0.717) is 32.8 Å². The zero-order chi connectivity index (χ0) is 17.7. The van der Waals surface area contributed by atoms with E-state index in [1.807, 2.05) is 6.07 Å². The Morgan fingerprint density at radius 1 is 1.00 bits per heavy atom. The third-order valence-corrected chi connectivity index (χ3v) is 3.71. The molecule has 1 N–H and O–H groups in total. The van der Waals surface area contributed by atoms with E-state index < -0.39 is 0 Å². The Balaban J connectivity index is 2.19. The van der Waals surface area contributed by atoms with Crippen molar-refractivity contribution in [3.05, 3.63) is 57.6 Å². The van der Waals surface area contributed by atoms with Crippen LogP contribution in [0.15, 0.2) is 42.0 Å². The summed E-state index contributed by atoms with van der Waals surface area (Å²) in [5.41, 5.74) is 1.89. The highest BCUT2D eigenvalue weighted by Gasteiger charge is 2.08. The van der Waals surface area contributed by atoms with Crippen molar-refractivity contribution in [3.8, 4) is 11.5 Å². The molecule has 0 aliphatic carbocycles. The van der Waals surface area contributed by atoms with E-state index in [2.05, 4.69) is 5.32 Å². The molecule has 4 nitrogen and oxygen atoms in total. The van der Waals surface area contributed by atoms with Crippen molar-refractivity contribution >= 4 is 40.9 Å². The lowest BCUT2D eigenvalue weighted by molar-refractivity contribution is -0.112. The quantitative estimate of drug-likeness (QED) is 0.753. The number of anilines is 1. The summed E-state index contributed by atoms with van der Waals surface area (Å²) in [6.45, 7) is 1.72. The Bertz CT molecular complexity index is 768. The number of nitrogens with one attached hydrogen (secondary N) is 1. The first-order chi connectivity index (χ1) is 11.4. The molecule has 0 saturated carbocycles. The second-order valence-corrected chi connectivity index (χ2v) is 5.93. The summed E-state index contributed by atoms with van der Waals surface area (Å²) >= 11 is 11.9. The van der Waals surface area contributed by atoms with Gasteiger partial charge in [-0.2, -0.15) is 0 Å². The molecule has 2 aromatic carbocycles. The Hall–Kier alpha value is -2.17. The van der Waals surface area contributed by atoms with Crippen molar-refractivity contribution in [1.82, 2.24) is 0 Å². The van der Waals surface area contributed by atoms with Gasteiger partial charge in [0.15, 0.2) is 11.5 Å². The molecular formula is C18H17Cl2NO3. The normalized spacial score (nSPS) is 11.1. The highest BCUT2D eigenvalue weighted by Crippen LogP contribution is 2.28. The fourth-order valence-electron chi connectivity index (χ4n) is 2.11. The van der Waals surface area contributed by atoms with Crippen molar-refractivity contribution in [2.75, 3.05) is 19.5 Å². The van der Waals surface area contributed by atoms with Gasteiger partial charge in [-0.05, 0) is 48.9 Å². The van der Waals surface area contributed by atoms with Gasteiger partial charge >= 0.3 is 0 Å². The third-order valence-electron chi connectivity index (χ3n) is 3.27. The number of ether oxygens (including phenoxy) is 2. The van der Waals surface area contributed by atoms with Gasteiger partial charge in [0.1, 0.15) is 0 Å². The van der Waals surface area contributed by atoms with Crippen LogP contribution in [0.1, 0.15) is 12.5 Å². The lowest BCUT2D eigenvalue weighted by Crippen LogP contribution is -2.12. The number of amides is 1. The number of benzene rings is 2. The minimum atomic E-state index is -0.247. The van der Waals surface area contributed by atoms with Crippen LogP contribution in [0.2, 0.25) is 10.0 Å². The number of halogens is 2. The second-order valence-electron chi connectivity index (χ2n) is 5.05. The third kappa shape index (κ3) is 4.66. The minimum absolute atomic E-state index is 0.247. The predicted molar refractivity (Wildman–Crippen MR) is 98.3 cm³/mol. The number of rotatable bonds is 5. The molecular weight excluding hydrogens is 349 g/mol. The molecule has 6 heteroatoms. The molecule has 0 aromatic heterocycles. The fraction of sp³-hybridized carbons (Fsp3) is 0.167. The number of hydrogen-bond acceptors (Lipinski definition) is 3. The first-order valence-electron chi connectivity index (χ1n) is 7.10. The minimum Gasteiger partial charge on any atom is -0.493 e. The molecule has 0 unspecified atom stereocenters. The molecule has 2 rings (SSSR count). The van der Waals surface area contributed by atoms with Crippen molar-refractivity contribution in [1.29, 1.82) is 0 Å².